The van der Waals surface area contributed by atoms with E-state index in [1.807, 2.05) is 0 Å². The van der Waals surface area contributed by atoms with E-state index < -0.39 is 0 Å². The number of aryl methyl sites for hydroxylation is 1. The molecule has 0 bridgehead atoms. The van der Waals surface area contributed by atoms with Crippen LogP contribution in [0.3, 0.4) is 0 Å². The second-order valence-electron chi connectivity index (χ2n) is 4.01. The predicted molar refractivity (Wildman–Crippen MR) is 74.3 cm³/mol. The number of nitrogens with one attached hydrogen (secondary N) is 1. The highest BCUT2D eigenvalue weighted by molar-refractivity contribution is 6.03. The minimum Gasteiger partial charge on any atom is -0.497 e. The first kappa shape index (κ1) is 13.8. The number of amides is 1. The van der Waals surface area contributed by atoms with E-state index in [1.54, 1.807) is 44.5 Å². The highest BCUT2D eigenvalue weighted by atomic mass is 16.5. The van der Waals surface area contributed by atoms with Crippen molar-refractivity contribution in [2.75, 3.05) is 19.5 Å². The fraction of sp³-hybridized carbons (Fsp3) is 0.214. The largest absolute Gasteiger partial charge is 0.497 e. The molecule has 20 heavy (non-hydrogen) atoms. The number of hydrogen-bond acceptors (Lipinski definition) is 5. The van der Waals surface area contributed by atoms with E-state index in [0.29, 0.717) is 28.7 Å². The summed E-state index contributed by atoms with van der Waals surface area (Å²) in [6.45, 7) is 1.73. The van der Waals surface area contributed by atoms with Crippen molar-refractivity contribution in [3.05, 3.63) is 42.0 Å². The van der Waals surface area contributed by atoms with Crippen LogP contribution in [0.1, 0.15) is 16.3 Å². The summed E-state index contributed by atoms with van der Waals surface area (Å²) < 4.78 is 10.3. The fourth-order valence-corrected chi connectivity index (χ4v) is 1.67. The Morgan fingerprint density at radius 3 is 2.65 bits per heavy atom. The van der Waals surface area contributed by atoms with Crippen LogP contribution < -0.4 is 14.8 Å². The smallest absolute Gasteiger partial charge is 0.274 e. The van der Waals surface area contributed by atoms with Crippen LogP contribution in [0.5, 0.6) is 11.5 Å². The summed E-state index contributed by atoms with van der Waals surface area (Å²) >= 11 is 0. The number of aromatic nitrogens is 2. The SMILES string of the molecule is COc1ccc(NC(=O)c2ccnc(C)n2)c(OC)c1. The third kappa shape index (κ3) is 3.03. The lowest BCUT2D eigenvalue weighted by molar-refractivity contribution is 0.102. The molecule has 6 nitrogen and oxygen atoms in total. The zero-order valence-electron chi connectivity index (χ0n) is 11.5. The average Bonchev–Trinajstić information content (AvgIpc) is 2.47. The summed E-state index contributed by atoms with van der Waals surface area (Å²) in [6, 6.07) is 6.70. The molecule has 1 N–H and O–H groups in total. The Morgan fingerprint density at radius 2 is 2.00 bits per heavy atom. The van der Waals surface area contributed by atoms with Crippen LogP contribution >= 0.6 is 0 Å². The topological polar surface area (TPSA) is 73.3 Å². The van der Waals surface area contributed by atoms with Gasteiger partial charge in [-0.1, -0.05) is 0 Å². The molecule has 6 heteroatoms. The Bertz CT molecular complexity index is 629. The van der Waals surface area contributed by atoms with Crippen molar-refractivity contribution >= 4 is 11.6 Å². The number of carbonyl (C=O) groups excluding carboxylic acids is 1. The van der Waals surface area contributed by atoms with E-state index in [1.165, 1.54) is 7.11 Å². The molecule has 0 saturated carbocycles. The number of benzene rings is 1. The molecule has 1 amide bonds. The molecule has 0 aliphatic heterocycles. The van der Waals surface area contributed by atoms with Crippen LogP contribution in [0.15, 0.2) is 30.5 Å². The highest BCUT2D eigenvalue weighted by Crippen LogP contribution is 2.29. The molecule has 0 unspecified atom stereocenters. The van der Waals surface area contributed by atoms with E-state index in [2.05, 4.69) is 15.3 Å². The van der Waals surface area contributed by atoms with Crippen LogP contribution in [-0.2, 0) is 0 Å². The molecule has 0 saturated heterocycles. The van der Waals surface area contributed by atoms with Crippen molar-refractivity contribution in [3.8, 4) is 11.5 Å². The van der Waals surface area contributed by atoms with E-state index >= 15 is 0 Å². The number of carbonyl (C=O) groups is 1. The van der Waals surface area contributed by atoms with Gasteiger partial charge in [0.05, 0.1) is 19.9 Å². The quantitative estimate of drug-likeness (QED) is 0.923. The number of nitrogens with zero attached hydrogens (tertiary/aromatic N) is 2. The first-order valence-corrected chi connectivity index (χ1v) is 5.97. The summed E-state index contributed by atoms with van der Waals surface area (Å²) in [4.78, 5) is 20.1. The lowest BCUT2D eigenvalue weighted by Gasteiger charge is -2.11. The second-order valence-corrected chi connectivity index (χ2v) is 4.01. The second kappa shape index (κ2) is 6.01. The minimum absolute atomic E-state index is 0.301. The zero-order valence-corrected chi connectivity index (χ0v) is 11.5. The van der Waals surface area contributed by atoms with Crippen molar-refractivity contribution in [3.63, 3.8) is 0 Å². The molecule has 2 aromatic rings. The van der Waals surface area contributed by atoms with E-state index in [0.717, 1.165) is 0 Å². The molecular formula is C14H15N3O3. The summed E-state index contributed by atoms with van der Waals surface area (Å²) in [5, 5.41) is 2.75. The normalized spacial score (nSPS) is 9.95. The lowest BCUT2D eigenvalue weighted by atomic mass is 10.2. The maximum atomic E-state index is 12.1. The minimum atomic E-state index is -0.320. The summed E-state index contributed by atoms with van der Waals surface area (Å²) in [5.41, 5.74) is 0.852. The van der Waals surface area contributed by atoms with Crippen LogP contribution in [-0.4, -0.2) is 30.1 Å². The third-order valence-electron chi connectivity index (χ3n) is 2.67. The van der Waals surface area contributed by atoms with Gasteiger partial charge >= 0.3 is 0 Å². The van der Waals surface area contributed by atoms with Gasteiger partial charge in [0, 0.05) is 12.3 Å². The van der Waals surface area contributed by atoms with Crippen LogP contribution in [0, 0.1) is 6.92 Å². The highest BCUT2D eigenvalue weighted by Gasteiger charge is 2.12. The Morgan fingerprint density at radius 1 is 1.20 bits per heavy atom. The molecule has 0 spiro atoms. The number of ether oxygens (including phenoxy) is 2. The van der Waals surface area contributed by atoms with E-state index in [9.17, 15) is 4.79 Å². The summed E-state index contributed by atoms with van der Waals surface area (Å²) in [7, 11) is 3.09. The standard InChI is InChI=1S/C14H15N3O3/c1-9-15-7-6-12(16-9)14(18)17-11-5-4-10(19-2)8-13(11)20-3/h4-8H,1-3H3,(H,17,18). The van der Waals surface area contributed by atoms with Gasteiger partial charge in [0.2, 0.25) is 0 Å². The molecule has 0 fully saturated rings. The number of methoxy groups -OCH3 is 2. The van der Waals surface area contributed by atoms with Gasteiger partial charge < -0.3 is 14.8 Å². The van der Waals surface area contributed by atoms with Crippen LogP contribution in [0.2, 0.25) is 0 Å². The van der Waals surface area contributed by atoms with Gasteiger partial charge in [-0.3, -0.25) is 4.79 Å². The molecule has 1 aromatic heterocycles. The van der Waals surface area contributed by atoms with Gasteiger partial charge in [0.25, 0.3) is 5.91 Å². The lowest BCUT2D eigenvalue weighted by Crippen LogP contribution is -2.15. The summed E-state index contributed by atoms with van der Waals surface area (Å²) in [5.74, 6) is 1.39. The molecule has 1 aromatic carbocycles. The van der Waals surface area contributed by atoms with Crippen molar-refractivity contribution in [2.24, 2.45) is 0 Å². The van der Waals surface area contributed by atoms with Crippen LogP contribution in [0.4, 0.5) is 5.69 Å². The fourth-order valence-electron chi connectivity index (χ4n) is 1.67. The van der Waals surface area contributed by atoms with Crippen molar-refractivity contribution < 1.29 is 14.3 Å². The molecule has 104 valence electrons. The third-order valence-corrected chi connectivity index (χ3v) is 2.67. The molecule has 0 atom stereocenters. The van der Waals surface area contributed by atoms with Gasteiger partial charge in [-0.05, 0) is 25.1 Å². The predicted octanol–water partition coefficient (Wildman–Crippen LogP) is 2.05. The van der Waals surface area contributed by atoms with Gasteiger partial charge in [-0.2, -0.15) is 0 Å². The van der Waals surface area contributed by atoms with Gasteiger partial charge in [-0.15, -0.1) is 0 Å². The maximum Gasteiger partial charge on any atom is 0.274 e. The Balaban J connectivity index is 2.23. The van der Waals surface area contributed by atoms with Crippen molar-refractivity contribution in [2.45, 2.75) is 6.92 Å². The van der Waals surface area contributed by atoms with Crippen molar-refractivity contribution in [1.82, 2.24) is 9.97 Å². The van der Waals surface area contributed by atoms with Crippen molar-refractivity contribution in [1.29, 1.82) is 0 Å². The summed E-state index contributed by atoms with van der Waals surface area (Å²) in [6.07, 6.45) is 1.54. The molecular weight excluding hydrogens is 258 g/mol. The maximum absolute atomic E-state index is 12.1. The Labute approximate surface area is 116 Å². The number of rotatable bonds is 4. The number of anilines is 1. The first-order chi connectivity index (χ1) is 9.63. The van der Waals surface area contributed by atoms with E-state index in [4.69, 9.17) is 9.47 Å². The molecule has 1 heterocycles. The zero-order chi connectivity index (χ0) is 14.5. The van der Waals surface area contributed by atoms with E-state index in [-0.39, 0.29) is 5.91 Å². The van der Waals surface area contributed by atoms with Gasteiger partial charge in [-0.25, -0.2) is 9.97 Å². The van der Waals surface area contributed by atoms with Gasteiger partial charge in [0.1, 0.15) is 23.0 Å². The number of hydrogen-bond donors (Lipinski definition) is 1. The molecule has 0 aliphatic carbocycles. The molecule has 0 aliphatic rings. The molecule has 2 rings (SSSR count). The Kier molecular flexibility index (Phi) is 4.14. The first-order valence-electron chi connectivity index (χ1n) is 5.97. The Hall–Kier alpha value is -2.63. The monoisotopic (exact) mass is 273 g/mol. The van der Waals surface area contributed by atoms with Gasteiger partial charge in [0.15, 0.2) is 0 Å². The average molecular weight is 273 g/mol. The molecule has 0 radical (unpaired) electrons. The van der Waals surface area contributed by atoms with Crippen LogP contribution in [0.25, 0.3) is 0 Å².